The number of nitrogens with one attached hydrogen (secondary N) is 2. The molecule has 0 aliphatic carbocycles. The molecule has 1 saturated heterocycles. The minimum atomic E-state index is 0.554. The maximum absolute atomic E-state index is 5.34. The summed E-state index contributed by atoms with van der Waals surface area (Å²) < 4.78 is 6.36. The van der Waals surface area contributed by atoms with Crippen LogP contribution in [-0.2, 0) is 4.74 Å². The SMILES string of the molecule is C/C(=N/NC(=S)NCCCN1CCOCC1)c1ccccc1Br. The molecule has 1 heterocycles. The smallest absolute Gasteiger partial charge is 0.186 e. The van der Waals surface area contributed by atoms with Gasteiger partial charge in [-0.15, -0.1) is 0 Å². The monoisotopic (exact) mass is 398 g/mol. The summed E-state index contributed by atoms with van der Waals surface area (Å²) in [6.45, 7) is 7.60. The van der Waals surface area contributed by atoms with Gasteiger partial charge in [0.05, 0.1) is 18.9 Å². The molecule has 1 aromatic rings. The predicted octanol–water partition coefficient (Wildman–Crippen LogP) is 2.36. The summed E-state index contributed by atoms with van der Waals surface area (Å²) in [6, 6.07) is 7.98. The summed E-state index contributed by atoms with van der Waals surface area (Å²) in [4.78, 5) is 2.41. The zero-order chi connectivity index (χ0) is 16.5. The average Bonchev–Trinajstić information content (AvgIpc) is 2.58. The van der Waals surface area contributed by atoms with Crippen molar-refractivity contribution in [1.82, 2.24) is 15.6 Å². The Kier molecular flexibility index (Phi) is 7.94. The quantitative estimate of drug-likeness (QED) is 0.333. The molecule has 7 heteroatoms. The highest BCUT2D eigenvalue weighted by atomic mass is 79.9. The second kappa shape index (κ2) is 9.97. The molecule has 0 atom stereocenters. The normalized spacial score (nSPS) is 16.2. The standard InChI is InChI=1S/C16H23BrN4OS/c1-13(14-5-2-3-6-15(14)17)19-20-16(23)18-7-4-8-21-9-11-22-12-10-21/h2-3,5-6H,4,7-12H2,1H3,(H2,18,20,23)/b19-13-. The Hall–Kier alpha value is -1.02. The van der Waals surface area contributed by atoms with Gasteiger partial charge in [-0.05, 0) is 38.2 Å². The van der Waals surface area contributed by atoms with Gasteiger partial charge in [-0.2, -0.15) is 5.10 Å². The number of halogens is 1. The Morgan fingerprint density at radius 1 is 1.35 bits per heavy atom. The van der Waals surface area contributed by atoms with Crippen LogP contribution in [0.1, 0.15) is 18.9 Å². The minimum Gasteiger partial charge on any atom is -0.379 e. The Bertz CT molecular complexity index is 547. The van der Waals surface area contributed by atoms with E-state index in [0.29, 0.717) is 5.11 Å². The molecule has 0 unspecified atom stereocenters. The largest absolute Gasteiger partial charge is 0.379 e. The first-order chi connectivity index (χ1) is 11.2. The van der Waals surface area contributed by atoms with Crippen molar-refractivity contribution in [2.24, 2.45) is 5.10 Å². The van der Waals surface area contributed by atoms with Crippen molar-refractivity contribution in [3.05, 3.63) is 34.3 Å². The summed E-state index contributed by atoms with van der Waals surface area (Å²) in [5.74, 6) is 0. The molecule has 0 bridgehead atoms. The second-order valence-corrected chi connectivity index (χ2v) is 6.61. The molecule has 126 valence electrons. The fraction of sp³-hybridized carbons (Fsp3) is 0.500. The van der Waals surface area contributed by atoms with E-state index in [9.17, 15) is 0 Å². The highest BCUT2D eigenvalue weighted by Gasteiger charge is 2.09. The number of hydrazone groups is 1. The first kappa shape index (κ1) is 18.3. The molecule has 0 aromatic heterocycles. The average molecular weight is 399 g/mol. The van der Waals surface area contributed by atoms with Crippen molar-refractivity contribution in [2.45, 2.75) is 13.3 Å². The van der Waals surface area contributed by atoms with Gasteiger partial charge in [0, 0.05) is 29.7 Å². The van der Waals surface area contributed by atoms with Gasteiger partial charge in [0.15, 0.2) is 5.11 Å². The summed E-state index contributed by atoms with van der Waals surface area (Å²) in [5.41, 5.74) is 4.84. The van der Waals surface area contributed by atoms with Crippen LogP contribution in [0.25, 0.3) is 0 Å². The number of hydrogen-bond donors (Lipinski definition) is 2. The predicted molar refractivity (Wildman–Crippen MR) is 102 cm³/mol. The van der Waals surface area contributed by atoms with Gasteiger partial charge in [-0.25, -0.2) is 0 Å². The maximum Gasteiger partial charge on any atom is 0.186 e. The van der Waals surface area contributed by atoms with Gasteiger partial charge in [0.25, 0.3) is 0 Å². The van der Waals surface area contributed by atoms with Crippen LogP contribution in [0.15, 0.2) is 33.8 Å². The number of morpholine rings is 1. The third-order valence-electron chi connectivity index (χ3n) is 3.63. The molecule has 5 nitrogen and oxygen atoms in total. The Balaban J connectivity index is 1.66. The highest BCUT2D eigenvalue weighted by molar-refractivity contribution is 9.10. The lowest BCUT2D eigenvalue weighted by Gasteiger charge is -2.26. The first-order valence-corrected chi connectivity index (χ1v) is 9.00. The van der Waals surface area contributed by atoms with E-state index in [0.717, 1.165) is 61.6 Å². The summed E-state index contributed by atoms with van der Waals surface area (Å²) in [6.07, 6.45) is 1.05. The van der Waals surface area contributed by atoms with Crippen molar-refractivity contribution in [3.63, 3.8) is 0 Å². The molecule has 0 saturated carbocycles. The third-order valence-corrected chi connectivity index (χ3v) is 4.56. The molecule has 0 radical (unpaired) electrons. The van der Waals surface area contributed by atoms with Crippen LogP contribution in [0.5, 0.6) is 0 Å². The van der Waals surface area contributed by atoms with Crippen molar-refractivity contribution in [3.8, 4) is 0 Å². The molecule has 0 amide bonds. The van der Waals surface area contributed by atoms with Crippen LogP contribution < -0.4 is 10.7 Å². The number of thiocarbonyl (C=S) groups is 1. The van der Waals surface area contributed by atoms with Crippen molar-refractivity contribution < 1.29 is 4.74 Å². The van der Waals surface area contributed by atoms with Crippen LogP contribution in [-0.4, -0.2) is 55.1 Å². The van der Waals surface area contributed by atoms with E-state index in [2.05, 4.69) is 36.7 Å². The Labute approximate surface area is 151 Å². The van der Waals surface area contributed by atoms with Crippen LogP contribution in [0, 0.1) is 0 Å². The van der Waals surface area contributed by atoms with Gasteiger partial charge in [-0.3, -0.25) is 10.3 Å². The Morgan fingerprint density at radius 2 is 2.09 bits per heavy atom. The van der Waals surface area contributed by atoms with Gasteiger partial charge in [0.1, 0.15) is 0 Å². The molecule has 0 spiro atoms. The third kappa shape index (κ3) is 6.55. The van der Waals surface area contributed by atoms with E-state index in [1.807, 2.05) is 31.2 Å². The van der Waals surface area contributed by atoms with Crippen molar-refractivity contribution in [1.29, 1.82) is 0 Å². The molecular weight excluding hydrogens is 376 g/mol. The number of nitrogens with zero attached hydrogens (tertiary/aromatic N) is 2. The fourth-order valence-corrected chi connectivity index (χ4v) is 3.04. The molecular formula is C16H23BrN4OS. The van der Waals surface area contributed by atoms with E-state index in [-0.39, 0.29) is 0 Å². The van der Waals surface area contributed by atoms with E-state index in [4.69, 9.17) is 17.0 Å². The highest BCUT2D eigenvalue weighted by Crippen LogP contribution is 2.16. The topological polar surface area (TPSA) is 48.9 Å². The van der Waals surface area contributed by atoms with Crippen LogP contribution >= 0.6 is 28.1 Å². The summed E-state index contributed by atoms with van der Waals surface area (Å²) in [7, 11) is 0. The van der Waals surface area contributed by atoms with Gasteiger partial charge >= 0.3 is 0 Å². The molecule has 2 N–H and O–H groups in total. The Morgan fingerprint density at radius 3 is 2.83 bits per heavy atom. The number of hydrogen-bond acceptors (Lipinski definition) is 4. The number of rotatable bonds is 6. The minimum absolute atomic E-state index is 0.554. The fourth-order valence-electron chi connectivity index (χ4n) is 2.32. The van der Waals surface area contributed by atoms with E-state index < -0.39 is 0 Å². The summed E-state index contributed by atoms with van der Waals surface area (Å²) >= 11 is 8.77. The lowest BCUT2D eigenvalue weighted by atomic mass is 10.1. The second-order valence-electron chi connectivity index (χ2n) is 5.35. The van der Waals surface area contributed by atoms with Gasteiger partial charge < -0.3 is 10.1 Å². The van der Waals surface area contributed by atoms with E-state index >= 15 is 0 Å². The van der Waals surface area contributed by atoms with Crippen LogP contribution in [0.2, 0.25) is 0 Å². The molecule has 1 fully saturated rings. The van der Waals surface area contributed by atoms with E-state index in [1.54, 1.807) is 0 Å². The molecule has 2 rings (SSSR count). The maximum atomic E-state index is 5.34. The van der Waals surface area contributed by atoms with Gasteiger partial charge in [-0.1, -0.05) is 34.1 Å². The molecule has 1 aliphatic heterocycles. The molecule has 1 aliphatic rings. The molecule has 1 aromatic carbocycles. The first-order valence-electron chi connectivity index (χ1n) is 7.80. The zero-order valence-corrected chi connectivity index (χ0v) is 15.8. The van der Waals surface area contributed by atoms with E-state index in [1.165, 1.54) is 0 Å². The van der Waals surface area contributed by atoms with Crippen LogP contribution in [0.4, 0.5) is 0 Å². The van der Waals surface area contributed by atoms with Crippen molar-refractivity contribution >= 4 is 39.0 Å². The zero-order valence-electron chi connectivity index (χ0n) is 13.3. The lowest BCUT2D eigenvalue weighted by Crippen LogP contribution is -2.39. The summed E-state index contributed by atoms with van der Waals surface area (Å²) in [5, 5.41) is 8.07. The van der Waals surface area contributed by atoms with Gasteiger partial charge in [0.2, 0.25) is 0 Å². The number of benzene rings is 1. The molecule has 23 heavy (non-hydrogen) atoms. The van der Waals surface area contributed by atoms with Crippen LogP contribution in [0.3, 0.4) is 0 Å². The number of ether oxygens (including phenoxy) is 1. The van der Waals surface area contributed by atoms with Crippen molar-refractivity contribution in [2.75, 3.05) is 39.4 Å². The lowest BCUT2D eigenvalue weighted by molar-refractivity contribution is 0.0376.